The summed E-state index contributed by atoms with van der Waals surface area (Å²) in [6.07, 6.45) is -4.63. The number of hydrogen-bond donors (Lipinski definition) is 0. The maximum Gasteiger partial charge on any atom is 0.418 e. The van der Waals surface area contributed by atoms with E-state index in [-0.39, 0.29) is 12.3 Å². The van der Waals surface area contributed by atoms with E-state index in [4.69, 9.17) is 9.47 Å². The molecule has 3 aromatic carbocycles. The summed E-state index contributed by atoms with van der Waals surface area (Å²) in [6, 6.07) is 18.0. The number of halogens is 4. The first-order valence-electron chi connectivity index (χ1n) is 10.3. The Labute approximate surface area is 198 Å². The number of alkyl halides is 3. The van der Waals surface area contributed by atoms with Crippen molar-refractivity contribution in [2.75, 3.05) is 12.0 Å². The Morgan fingerprint density at radius 1 is 1.09 bits per heavy atom. The number of ether oxygens (including phenoxy) is 2. The highest BCUT2D eigenvalue weighted by Gasteiger charge is 2.42. The topological polar surface area (TPSA) is 38.8 Å². The maximum absolute atomic E-state index is 14.1. The van der Waals surface area contributed by atoms with Crippen molar-refractivity contribution in [3.05, 3.63) is 93.5 Å². The minimum absolute atomic E-state index is 0.0429. The summed E-state index contributed by atoms with van der Waals surface area (Å²) in [5, 5.41) is 0. The van der Waals surface area contributed by atoms with Gasteiger partial charge in [-0.15, -0.1) is 0 Å². The van der Waals surface area contributed by atoms with Crippen molar-refractivity contribution in [1.29, 1.82) is 0 Å². The predicted molar refractivity (Wildman–Crippen MR) is 122 cm³/mol. The van der Waals surface area contributed by atoms with E-state index in [2.05, 4.69) is 15.9 Å². The van der Waals surface area contributed by atoms with Gasteiger partial charge in [-0.3, -0.25) is 4.90 Å². The van der Waals surface area contributed by atoms with Crippen molar-refractivity contribution in [1.82, 2.24) is 0 Å². The van der Waals surface area contributed by atoms with Crippen LogP contribution in [-0.4, -0.2) is 13.2 Å². The van der Waals surface area contributed by atoms with Crippen LogP contribution in [0.2, 0.25) is 0 Å². The number of benzene rings is 3. The number of rotatable bonds is 4. The number of carbonyl (C=O) groups excluding carboxylic acids is 1. The maximum atomic E-state index is 14.1. The Morgan fingerprint density at radius 2 is 1.79 bits per heavy atom. The average Bonchev–Trinajstić information content (AvgIpc) is 2.81. The molecule has 0 N–H and O–H groups in total. The molecular weight excluding hydrogens is 499 g/mol. The predicted octanol–water partition coefficient (Wildman–Crippen LogP) is 7.31. The Hall–Kier alpha value is -3.00. The van der Waals surface area contributed by atoms with Crippen LogP contribution in [-0.2, 0) is 23.9 Å². The molecule has 1 aliphatic heterocycles. The first-order chi connectivity index (χ1) is 15.8. The van der Waals surface area contributed by atoms with Gasteiger partial charge in [0, 0.05) is 4.47 Å². The van der Waals surface area contributed by atoms with E-state index in [1.165, 1.54) is 7.11 Å². The molecule has 172 valence electrons. The monoisotopic (exact) mass is 519 g/mol. The van der Waals surface area contributed by atoms with E-state index in [9.17, 15) is 18.0 Å². The lowest BCUT2D eigenvalue weighted by Gasteiger charge is -2.38. The molecule has 4 rings (SSSR count). The number of anilines is 1. The van der Waals surface area contributed by atoms with Crippen molar-refractivity contribution in [2.24, 2.45) is 0 Å². The molecule has 0 saturated carbocycles. The van der Waals surface area contributed by atoms with Gasteiger partial charge in [0.2, 0.25) is 0 Å². The van der Waals surface area contributed by atoms with Crippen LogP contribution in [0.3, 0.4) is 0 Å². The van der Waals surface area contributed by atoms with E-state index in [1.807, 2.05) is 6.07 Å². The number of aryl methyl sites for hydroxylation is 1. The second-order valence-corrected chi connectivity index (χ2v) is 8.61. The number of hydrogen-bond acceptors (Lipinski definition) is 3. The quantitative estimate of drug-likeness (QED) is 0.362. The van der Waals surface area contributed by atoms with E-state index < -0.39 is 23.9 Å². The molecule has 8 heteroatoms. The minimum Gasteiger partial charge on any atom is -0.497 e. The average molecular weight is 520 g/mol. The third-order valence-corrected chi connectivity index (χ3v) is 6.06. The zero-order valence-corrected chi connectivity index (χ0v) is 19.3. The number of amides is 1. The van der Waals surface area contributed by atoms with Gasteiger partial charge < -0.3 is 9.47 Å². The van der Waals surface area contributed by atoms with Crippen LogP contribution in [0.1, 0.15) is 34.7 Å². The Balaban J connectivity index is 1.78. The van der Waals surface area contributed by atoms with Gasteiger partial charge in [-0.1, -0.05) is 58.4 Å². The SMILES string of the molecule is COc1ccc(C2CCc3cc(Br)cc(C(F)(F)F)c3N2C(=O)OCc2ccccc2)cc1. The van der Waals surface area contributed by atoms with Gasteiger partial charge in [0.05, 0.1) is 24.4 Å². The molecule has 0 saturated heterocycles. The van der Waals surface area contributed by atoms with Gasteiger partial charge in [0.25, 0.3) is 0 Å². The van der Waals surface area contributed by atoms with Crippen molar-refractivity contribution in [3.63, 3.8) is 0 Å². The van der Waals surface area contributed by atoms with Crippen molar-refractivity contribution >= 4 is 27.7 Å². The summed E-state index contributed by atoms with van der Waals surface area (Å²) >= 11 is 3.18. The van der Waals surface area contributed by atoms with Crippen LogP contribution in [0, 0.1) is 0 Å². The molecule has 0 aromatic heterocycles. The fraction of sp³-hybridized carbons (Fsp3) is 0.240. The molecule has 0 radical (unpaired) electrons. The van der Waals surface area contributed by atoms with Crippen LogP contribution >= 0.6 is 15.9 Å². The summed E-state index contributed by atoms with van der Waals surface area (Å²) in [7, 11) is 1.53. The molecule has 0 bridgehead atoms. The largest absolute Gasteiger partial charge is 0.497 e. The highest BCUT2D eigenvalue weighted by molar-refractivity contribution is 9.10. The highest BCUT2D eigenvalue weighted by Crippen LogP contribution is 2.47. The molecule has 1 atom stereocenters. The Bertz CT molecular complexity index is 1130. The zero-order chi connectivity index (χ0) is 23.6. The minimum atomic E-state index is -4.65. The summed E-state index contributed by atoms with van der Waals surface area (Å²) in [4.78, 5) is 14.5. The smallest absolute Gasteiger partial charge is 0.418 e. The molecule has 0 spiro atoms. The third-order valence-electron chi connectivity index (χ3n) is 5.60. The molecule has 33 heavy (non-hydrogen) atoms. The van der Waals surface area contributed by atoms with E-state index in [1.54, 1.807) is 54.6 Å². The second-order valence-electron chi connectivity index (χ2n) is 7.70. The number of fused-ring (bicyclic) bond motifs is 1. The van der Waals surface area contributed by atoms with Crippen LogP contribution < -0.4 is 9.64 Å². The zero-order valence-electron chi connectivity index (χ0n) is 17.7. The molecule has 3 aromatic rings. The number of nitrogens with zero attached hydrogens (tertiary/aromatic N) is 1. The lowest BCUT2D eigenvalue weighted by Crippen LogP contribution is -2.40. The van der Waals surface area contributed by atoms with Crippen molar-refractivity contribution < 1.29 is 27.4 Å². The standard InChI is InChI=1S/C25H21BrF3NO3/c1-32-20-10-7-17(8-11-20)22-12-9-18-13-19(26)14-21(25(27,28)29)23(18)30(22)24(31)33-15-16-5-3-2-4-6-16/h2-8,10-11,13-14,22H,9,12,15H2,1H3. The van der Waals surface area contributed by atoms with Gasteiger partial charge in [-0.25, -0.2) is 4.79 Å². The van der Waals surface area contributed by atoms with E-state index in [0.29, 0.717) is 34.2 Å². The fourth-order valence-corrected chi connectivity index (χ4v) is 4.58. The first kappa shape index (κ1) is 23.2. The van der Waals surface area contributed by atoms with Gasteiger partial charge in [-0.05, 0) is 53.8 Å². The number of methoxy groups -OCH3 is 1. The van der Waals surface area contributed by atoms with Gasteiger partial charge in [0.1, 0.15) is 12.4 Å². The molecule has 1 unspecified atom stereocenters. The molecule has 0 fully saturated rings. The molecule has 1 amide bonds. The lowest BCUT2D eigenvalue weighted by atomic mass is 9.89. The normalized spacial score (nSPS) is 15.7. The summed E-state index contributed by atoms with van der Waals surface area (Å²) in [5.41, 5.74) is 0.862. The van der Waals surface area contributed by atoms with Gasteiger partial charge in [-0.2, -0.15) is 13.2 Å². The molecule has 1 aliphatic rings. The lowest BCUT2D eigenvalue weighted by molar-refractivity contribution is -0.137. The Kier molecular flexibility index (Phi) is 6.65. The molecule has 1 heterocycles. The number of carbonyl (C=O) groups is 1. The van der Waals surface area contributed by atoms with E-state index >= 15 is 0 Å². The van der Waals surface area contributed by atoms with Gasteiger partial charge >= 0.3 is 12.3 Å². The Morgan fingerprint density at radius 3 is 2.42 bits per heavy atom. The highest BCUT2D eigenvalue weighted by atomic mass is 79.9. The summed E-state index contributed by atoms with van der Waals surface area (Å²) in [6.45, 7) is -0.0429. The second kappa shape index (κ2) is 9.47. The molecule has 4 nitrogen and oxygen atoms in total. The van der Waals surface area contributed by atoms with Gasteiger partial charge in [0.15, 0.2) is 0 Å². The van der Waals surface area contributed by atoms with Crippen LogP contribution in [0.15, 0.2) is 71.2 Å². The summed E-state index contributed by atoms with van der Waals surface area (Å²) < 4.78 is 53.2. The summed E-state index contributed by atoms with van der Waals surface area (Å²) in [5.74, 6) is 0.619. The third kappa shape index (κ3) is 5.00. The van der Waals surface area contributed by atoms with Crippen LogP contribution in [0.25, 0.3) is 0 Å². The first-order valence-corrected chi connectivity index (χ1v) is 11.1. The van der Waals surface area contributed by atoms with Crippen LogP contribution in [0.5, 0.6) is 5.75 Å². The fourth-order valence-electron chi connectivity index (χ4n) is 4.07. The molecular formula is C25H21BrF3NO3. The van der Waals surface area contributed by atoms with E-state index in [0.717, 1.165) is 16.5 Å². The van der Waals surface area contributed by atoms with Crippen LogP contribution in [0.4, 0.5) is 23.7 Å². The molecule has 0 aliphatic carbocycles. The van der Waals surface area contributed by atoms with Crippen molar-refractivity contribution in [3.8, 4) is 5.75 Å². The van der Waals surface area contributed by atoms with Crippen molar-refractivity contribution in [2.45, 2.75) is 31.7 Å².